The fourth-order valence-corrected chi connectivity index (χ4v) is 2.18. The molecule has 0 aliphatic rings. The summed E-state index contributed by atoms with van der Waals surface area (Å²) in [6.45, 7) is 3.96. The summed E-state index contributed by atoms with van der Waals surface area (Å²) >= 11 is 0. The van der Waals surface area contributed by atoms with Crippen molar-refractivity contribution in [1.29, 1.82) is 0 Å². The van der Waals surface area contributed by atoms with Gasteiger partial charge in [-0.05, 0) is 12.8 Å². The van der Waals surface area contributed by atoms with Gasteiger partial charge in [-0.25, -0.2) is 13.6 Å². The molecule has 90 valence electrons. The standard InChI is InChI=1S/C8H19NO2S.2ClH/c1-3-5-6-7-8(4-2)12(9,10)11;;/h8H,3-7H2,1-2H3,(H2,9,10,11);2*1H. The Kier molecular flexibility index (Phi) is 14.3. The summed E-state index contributed by atoms with van der Waals surface area (Å²) in [6, 6.07) is 0. The second-order valence-electron chi connectivity index (χ2n) is 3.12. The lowest BCUT2D eigenvalue weighted by Crippen LogP contribution is -2.27. The van der Waals surface area contributed by atoms with Gasteiger partial charge < -0.3 is 0 Å². The van der Waals surface area contributed by atoms with Crippen molar-refractivity contribution in [2.45, 2.75) is 51.2 Å². The van der Waals surface area contributed by atoms with Crippen LogP contribution >= 0.6 is 24.8 Å². The lowest BCUT2D eigenvalue weighted by Gasteiger charge is -2.11. The first-order chi connectivity index (χ1) is 5.52. The number of sulfonamides is 1. The van der Waals surface area contributed by atoms with Crippen LogP contribution < -0.4 is 5.14 Å². The van der Waals surface area contributed by atoms with Crippen LogP contribution in [-0.4, -0.2) is 13.7 Å². The fraction of sp³-hybridized carbons (Fsp3) is 1.00. The van der Waals surface area contributed by atoms with Gasteiger partial charge >= 0.3 is 0 Å². The molecule has 1 unspecified atom stereocenters. The van der Waals surface area contributed by atoms with E-state index < -0.39 is 10.0 Å². The van der Waals surface area contributed by atoms with E-state index >= 15 is 0 Å². The Hall–Kier alpha value is 0.490. The lowest BCUT2D eigenvalue weighted by atomic mass is 10.1. The minimum absolute atomic E-state index is 0. The van der Waals surface area contributed by atoms with Gasteiger partial charge in [0, 0.05) is 0 Å². The van der Waals surface area contributed by atoms with Crippen LogP contribution in [0.2, 0.25) is 0 Å². The monoisotopic (exact) mass is 265 g/mol. The van der Waals surface area contributed by atoms with Gasteiger partial charge in [-0.2, -0.15) is 0 Å². The summed E-state index contributed by atoms with van der Waals surface area (Å²) in [5, 5.41) is 4.72. The molecule has 0 spiro atoms. The molecule has 14 heavy (non-hydrogen) atoms. The Morgan fingerprint density at radius 2 is 1.64 bits per heavy atom. The van der Waals surface area contributed by atoms with Gasteiger partial charge in [0.25, 0.3) is 0 Å². The molecule has 0 aliphatic carbocycles. The number of nitrogens with two attached hydrogens (primary N) is 1. The Balaban J connectivity index is -0.000000605. The molecule has 0 aromatic heterocycles. The van der Waals surface area contributed by atoms with Gasteiger partial charge in [-0.1, -0.05) is 33.1 Å². The predicted molar refractivity (Wildman–Crippen MR) is 65.8 cm³/mol. The molecule has 0 aliphatic heterocycles. The lowest BCUT2D eigenvalue weighted by molar-refractivity contribution is 0.554. The van der Waals surface area contributed by atoms with Gasteiger partial charge in [0.2, 0.25) is 10.0 Å². The third-order valence-electron chi connectivity index (χ3n) is 2.05. The molecule has 0 radical (unpaired) electrons. The maximum atomic E-state index is 10.9. The molecule has 0 aromatic rings. The SMILES string of the molecule is CCCCCC(CC)S(N)(=O)=O.Cl.Cl. The zero-order valence-electron chi connectivity index (χ0n) is 8.73. The van der Waals surface area contributed by atoms with Gasteiger partial charge in [0.05, 0.1) is 5.25 Å². The first-order valence-electron chi connectivity index (χ1n) is 4.54. The van der Waals surface area contributed by atoms with E-state index in [1.54, 1.807) is 0 Å². The number of halogens is 2. The van der Waals surface area contributed by atoms with Crippen molar-refractivity contribution in [3.8, 4) is 0 Å². The normalized spacial score (nSPS) is 12.5. The zero-order chi connectivity index (χ0) is 9.61. The Morgan fingerprint density at radius 3 is 1.93 bits per heavy atom. The maximum absolute atomic E-state index is 10.9. The molecule has 1 atom stereocenters. The highest BCUT2D eigenvalue weighted by atomic mass is 35.5. The van der Waals surface area contributed by atoms with E-state index in [1.165, 1.54) is 0 Å². The van der Waals surface area contributed by atoms with Crippen LogP contribution in [0.25, 0.3) is 0 Å². The molecule has 2 N–H and O–H groups in total. The van der Waals surface area contributed by atoms with E-state index in [0.717, 1.165) is 19.3 Å². The fourth-order valence-electron chi connectivity index (χ4n) is 1.22. The molecule has 0 aromatic carbocycles. The third kappa shape index (κ3) is 9.06. The van der Waals surface area contributed by atoms with Gasteiger partial charge in [-0.3, -0.25) is 0 Å². The summed E-state index contributed by atoms with van der Waals surface area (Å²) in [4.78, 5) is 0. The third-order valence-corrected chi connectivity index (χ3v) is 3.55. The topological polar surface area (TPSA) is 60.2 Å². The molecule has 0 fully saturated rings. The molecule has 6 heteroatoms. The minimum Gasteiger partial charge on any atom is -0.228 e. The van der Waals surface area contributed by atoms with E-state index in [2.05, 4.69) is 6.92 Å². The average molecular weight is 266 g/mol. The minimum atomic E-state index is -3.30. The van der Waals surface area contributed by atoms with Gasteiger partial charge in [-0.15, -0.1) is 24.8 Å². The maximum Gasteiger partial charge on any atom is 0.211 e. The second kappa shape index (κ2) is 10.0. The van der Waals surface area contributed by atoms with Crippen LogP contribution in [0.1, 0.15) is 46.0 Å². The Morgan fingerprint density at radius 1 is 1.14 bits per heavy atom. The van der Waals surface area contributed by atoms with Crippen LogP contribution in [0.5, 0.6) is 0 Å². The van der Waals surface area contributed by atoms with Crippen LogP contribution in [-0.2, 0) is 10.0 Å². The van der Waals surface area contributed by atoms with Crippen molar-refractivity contribution >= 4 is 34.8 Å². The summed E-state index contributed by atoms with van der Waals surface area (Å²) < 4.78 is 21.9. The molecule has 0 rings (SSSR count). The number of rotatable bonds is 6. The largest absolute Gasteiger partial charge is 0.228 e. The van der Waals surface area contributed by atoms with Gasteiger partial charge in [0.15, 0.2) is 0 Å². The number of unbranched alkanes of at least 4 members (excludes halogenated alkanes) is 2. The number of primary sulfonamides is 1. The molecule has 0 saturated heterocycles. The predicted octanol–water partition coefficient (Wildman–Crippen LogP) is 2.48. The first kappa shape index (κ1) is 20.0. The van der Waals surface area contributed by atoms with Crippen LogP contribution in [0.3, 0.4) is 0 Å². The smallest absolute Gasteiger partial charge is 0.211 e. The molecule has 0 saturated carbocycles. The van der Waals surface area contributed by atoms with Crippen LogP contribution in [0.4, 0.5) is 0 Å². The van der Waals surface area contributed by atoms with Crippen molar-refractivity contribution < 1.29 is 8.42 Å². The highest BCUT2D eigenvalue weighted by Gasteiger charge is 2.17. The van der Waals surface area contributed by atoms with E-state index in [9.17, 15) is 8.42 Å². The molecule has 0 heterocycles. The molecular weight excluding hydrogens is 245 g/mol. The quantitative estimate of drug-likeness (QED) is 0.751. The number of hydrogen-bond donors (Lipinski definition) is 1. The van der Waals surface area contributed by atoms with Crippen LogP contribution in [0, 0.1) is 0 Å². The zero-order valence-corrected chi connectivity index (χ0v) is 11.2. The van der Waals surface area contributed by atoms with E-state index in [-0.39, 0.29) is 30.1 Å². The number of hydrogen-bond acceptors (Lipinski definition) is 2. The Labute approximate surface area is 99.7 Å². The molecular formula is C8H21Cl2NO2S. The van der Waals surface area contributed by atoms with E-state index in [1.807, 2.05) is 6.92 Å². The van der Waals surface area contributed by atoms with Crippen molar-refractivity contribution in [3.05, 3.63) is 0 Å². The first-order valence-corrected chi connectivity index (χ1v) is 6.14. The molecule has 0 amide bonds. The Bertz CT molecular complexity index is 207. The summed E-state index contributed by atoms with van der Waals surface area (Å²) in [5.74, 6) is 0. The highest BCUT2D eigenvalue weighted by molar-refractivity contribution is 7.89. The van der Waals surface area contributed by atoms with Crippen molar-refractivity contribution in [3.63, 3.8) is 0 Å². The summed E-state index contributed by atoms with van der Waals surface area (Å²) in [5.41, 5.74) is 0. The van der Waals surface area contributed by atoms with Gasteiger partial charge in [0.1, 0.15) is 0 Å². The van der Waals surface area contributed by atoms with Crippen LogP contribution in [0.15, 0.2) is 0 Å². The van der Waals surface area contributed by atoms with E-state index in [0.29, 0.717) is 12.8 Å². The second-order valence-corrected chi connectivity index (χ2v) is 4.96. The molecule has 3 nitrogen and oxygen atoms in total. The molecule has 0 bridgehead atoms. The average Bonchev–Trinajstić information content (AvgIpc) is 1.95. The summed E-state index contributed by atoms with van der Waals surface area (Å²) in [7, 11) is -3.30. The van der Waals surface area contributed by atoms with E-state index in [4.69, 9.17) is 5.14 Å². The van der Waals surface area contributed by atoms with Crippen molar-refractivity contribution in [2.24, 2.45) is 5.14 Å². The summed E-state index contributed by atoms with van der Waals surface area (Å²) in [6.07, 6.45) is 4.50. The van der Waals surface area contributed by atoms with Crippen molar-refractivity contribution in [1.82, 2.24) is 0 Å². The highest BCUT2D eigenvalue weighted by Crippen LogP contribution is 2.11. The van der Waals surface area contributed by atoms with Crippen molar-refractivity contribution in [2.75, 3.05) is 0 Å².